The number of benzene rings is 2. The van der Waals surface area contributed by atoms with Crippen molar-refractivity contribution in [1.29, 1.82) is 5.26 Å². The van der Waals surface area contributed by atoms with Crippen LogP contribution in [0.1, 0.15) is 36.1 Å². The number of aryl methyl sites for hydroxylation is 2. The van der Waals surface area contributed by atoms with E-state index in [1.54, 1.807) is 43.8 Å². The van der Waals surface area contributed by atoms with Crippen LogP contribution >= 0.6 is 11.8 Å². The average molecular weight is 383 g/mol. The van der Waals surface area contributed by atoms with Crippen LogP contribution in [-0.2, 0) is 15.3 Å². The van der Waals surface area contributed by atoms with Crippen molar-refractivity contribution in [3.63, 3.8) is 0 Å². The van der Waals surface area contributed by atoms with Crippen molar-refractivity contribution in [3.05, 3.63) is 70.0 Å². The van der Waals surface area contributed by atoms with E-state index in [0.29, 0.717) is 5.75 Å². The van der Waals surface area contributed by atoms with Gasteiger partial charge in [-0.3, -0.25) is 0 Å². The summed E-state index contributed by atoms with van der Waals surface area (Å²) in [4.78, 5) is 13.0. The molecule has 0 unspecified atom stereocenters. The number of esters is 1. The third-order valence-electron chi connectivity index (χ3n) is 3.92. The van der Waals surface area contributed by atoms with E-state index >= 15 is 0 Å². The van der Waals surface area contributed by atoms with E-state index in [2.05, 4.69) is 0 Å². The van der Waals surface area contributed by atoms with Crippen LogP contribution in [0.3, 0.4) is 0 Å². The largest absolute Gasteiger partial charge is 0.459 e. The molecule has 0 atom stereocenters. The van der Waals surface area contributed by atoms with E-state index in [0.717, 1.165) is 27.1 Å². The standard InChI is InChI=1S/C22H22FNO2S/c1-14(2)26-22(25)18(12-24)10-17-11-19(16(4)9-15(17)3)13-27-21-7-5-20(23)6-8-21/h5-11,14H,13H2,1-4H3/b18-10+. The first-order chi connectivity index (χ1) is 12.8. The highest BCUT2D eigenvalue weighted by Gasteiger charge is 2.14. The number of ether oxygens (including phenoxy) is 1. The third kappa shape index (κ3) is 5.97. The molecule has 140 valence electrons. The summed E-state index contributed by atoms with van der Waals surface area (Å²) in [7, 11) is 0. The summed E-state index contributed by atoms with van der Waals surface area (Å²) in [5.41, 5.74) is 3.99. The molecule has 0 N–H and O–H groups in total. The summed E-state index contributed by atoms with van der Waals surface area (Å²) < 4.78 is 18.2. The topological polar surface area (TPSA) is 50.1 Å². The third-order valence-corrected chi connectivity index (χ3v) is 4.98. The second kappa shape index (κ2) is 9.38. The minimum Gasteiger partial charge on any atom is -0.459 e. The molecule has 0 bridgehead atoms. The summed E-state index contributed by atoms with van der Waals surface area (Å²) in [5.74, 6) is -0.165. The molecule has 27 heavy (non-hydrogen) atoms. The maximum Gasteiger partial charge on any atom is 0.349 e. The van der Waals surface area contributed by atoms with Gasteiger partial charge < -0.3 is 4.74 Å². The van der Waals surface area contributed by atoms with Crippen LogP contribution in [0.15, 0.2) is 46.9 Å². The Morgan fingerprint density at radius 2 is 1.89 bits per heavy atom. The van der Waals surface area contributed by atoms with Gasteiger partial charge in [0.05, 0.1) is 6.10 Å². The predicted octanol–water partition coefficient (Wildman–Crippen LogP) is 5.59. The van der Waals surface area contributed by atoms with Crippen molar-refractivity contribution in [2.45, 2.75) is 44.4 Å². The zero-order chi connectivity index (χ0) is 20.0. The first kappa shape index (κ1) is 20.7. The summed E-state index contributed by atoms with van der Waals surface area (Å²) in [6, 6.07) is 12.3. The van der Waals surface area contributed by atoms with Crippen molar-refractivity contribution in [2.24, 2.45) is 0 Å². The molecular weight excluding hydrogens is 361 g/mol. The summed E-state index contributed by atoms with van der Waals surface area (Å²) in [6.07, 6.45) is 1.29. The first-order valence-corrected chi connectivity index (χ1v) is 9.60. The molecule has 0 heterocycles. The molecule has 0 aliphatic carbocycles. The second-order valence-electron chi connectivity index (χ2n) is 6.50. The van der Waals surface area contributed by atoms with Gasteiger partial charge in [0.1, 0.15) is 17.5 Å². The molecule has 0 aliphatic rings. The van der Waals surface area contributed by atoms with Crippen LogP contribution < -0.4 is 0 Å². The number of halogens is 1. The molecule has 0 saturated heterocycles. The molecule has 0 fully saturated rings. The molecule has 0 radical (unpaired) electrons. The van der Waals surface area contributed by atoms with Crippen LogP contribution in [0.2, 0.25) is 0 Å². The molecule has 2 rings (SSSR count). The maximum atomic E-state index is 13.0. The fraction of sp³-hybridized carbons (Fsp3) is 0.273. The maximum absolute atomic E-state index is 13.0. The normalized spacial score (nSPS) is 11.4. The lowest BCUT2D eigenvalue weighted by atomic mass is 9.99. The van der Waals surface area contributed by atoms with E-state index in [1.807, 2.05) is 32.0 Å². The molecule has 0 aliphatic heterocycles. The highest BCUT2D eigenvalue weighted by Crippen LogP contribution is 2.27. The van der Waals surface area contributed by atoms with Gasteiger partial charge in [0.25, 0.3) is 0 Å². The van der Waals surface area contributed by atoms with E-state index < -0.39 is 5.97 Å². The Morgan fingerprint density at radius 3 is 2.48 bits per heavy atom. The lowest BCUT2D eigenvalue weighted by Gasteiger charge is -2.11. The van der Waals surface area contributed by atoms with Gasteiger partial charge in [-0.2, -0.15) is 5.26 Å². The summed E-state index contributed by atoms with van der Waals surface area (Å²) >= 11 is 1.61. The molecule has 0 saturated carbocycles. The molecule has 3 nitrogen and oxygen atoms in total. The minimum atomic E-state index is -0.616. The van der Waals surface area contributed by atoms with Crippen molar-refractivity contribution in [2.75, 3.05) is 0 Å². The Kier molecular flexibility index (Phi) is 7.20. The van der Waals surface area contributed by atoms with Crippen LogP contribution in [0.25, 0.3) is 6.08 Å². The van der Waals surface area contributed by atoms with Crippen molar-refractivity contribution < 1.29 is 13.9 Å². The molecule has 2 aromatic carbocycles. The number of carbonyl (C=O) groups is 1. The van der Waals surface area contributed by atoms with Crippen LogP contribution in [0, 0.1) is 31.0 Å². The number of nitriles is 1. The number of rotatable bonds is 6. The molecule has 2 aromatic rings. The van der Waals surface area contributed by atoms with E-state index in [1.165, 1.54) is 12.1 Å². The van der Waals surface area contributed by atoms with E-state index in [9.17, 15) is 14.4 Å². The van der Waals surface area contributed by atoms with Gasteiger partial charge in [-0.25, -0.2) is 9.18 Å². The fourth-order valence-electron chi connectivity index (χ4n) is 2.49. The lowest BCUT2D eigenvalue weighted by Crippen LogP contribution is -2.12. The zero-order valence-corrected chi connectivity index (χ0v) is 16.7. The first-order valence-electron chi connectivity index (χ1n) is 8.61. The van der Waals surface area contributed by atoms with Gasteiger partial charge in [0.2, 0.25) is 0 Å². The molecule has 0 spiro atoms. The molecule has 5 heteroatoms. The summed E-state index contributed by atoms with van der Waals surface area (Å²) in [6.45, 7) is 7.46. The Labute approximate surface area is 163 Å². The van der Waals surface area contributed by atoms with Crippen molar-refractivity contribution >= 4 is 23.8 Å². The fourth-order valence-corrected chi connectivity index (χ4v) is 3.45. The number of hydrogen-bond acceptors (Lipinski definition) is 4. The van der Waals surface area contributed by atoms with Gasteiger partial charge in [0.15, 0.2) is 0 Å². The minimum absolute atomic E-state index is 0.0206. The Balaban J connectivity index is 2.26. The van der Waals surface area contributed by atoms with Gasteiger partial charge in [-0.15, -0.1) is 11.8 Å². The van der Waals surface area contributed by atoms with Crippen LogP contribution in [-0.4, -0.2) is 12.1 Å². The van der Waals surface area contributed by atoms with Crippen LogP contribution in [0.5, 0.6) is 0 Å². The highest BCUT2D eigenvalue weighted by molar-refractivity contribution is 7.98. The molecule has 0 amide bonds. The Hall–Kier alpha value is -2.58. The quantitative estimate of drug-likeness (QED) is 0.282. The molecular formula is C22H22FNO2S. The molecule has 0 aromatic heterocycles. The number of nitrogens with zero attached hydrogens (tertiary/aromatic N) is 1. The summed E-state index contributed by atoms with van der Waals surface area (Å²) in [5, 5.41) is 9.31. The van der Waals surface area contributed by atoms with Gasteiger partial charge in [-0.1, -0.05) is 12.1 Å². The zero-order valence-electron chi connectivity index (χ0n) is 15.9. The van der Waals surface area contributed by atoms with E-state index in [4.69, 9.17) is 4.74 Å². The van der Waals surface area contributed by atoms with Gasteiger partial charge in [0, 0.05) is 10.6 Å². The van der Waals surface area contributed by atoms with Gasteiger partial charge >= 0.3 is 5.97 Å². The monoisotopic (exact) mass is 383 g/mol. The Morgan fingerprint density at radius 1 is 1.22 bits per heavy atom. The van der Waals surface area contributed by atoms with Crippen LogP contribution in [0.4, 0.5) is 4.39 Å². The Bertz CT molecular complexity index is 896. The van der Waals surface area contributed by atoms with Crippen molar-refractivity contribution in [3.8, 4) is 6.07 Å². The lowest BCUT2D eigenvalue weighted by molar-refractivity contribution is -0.142. The van der Waals surface area contributed by atoms with Gasteiger partial charge in [-0.05, 0) is 80.3 Å². The number of carbonyl (C=O) groups excluding carboxylic acids is 1. The second-order valence-corrected chi connectivity index (χ2v) is 7.55. The SMILES string of the molecule is Cc1cc(C)c(CSc2ccc(F)cc2)cc1/C=C(\C#N)C(=O)OC(C)C. The predicted molar refractivity (Wildman–Crippen MR) is 107 cm³/mol. The number of hydrogen-bond donors (Lipinski definition) is 0. The van der Waals surface area contributed by atoms with E-state index in [-0.39, 0.29) is 17.5 Å². The number of thioether (sulfide) groups is 1. The smallest absolute Gasteiger partial charge is 0.349 e. The highest BCUT2D eigenvalue weighted by atomic mass is 32.2. The average Bonchev–Trinajstić information content (AvgIpc) is 2.61. The van der Waals surface area contributed by atoms with Crippen molar-refractivity contribution in [1.82, 2.24) is 0 Å².